The van der Waals surface area contributed by atoms with Gasteiger partial charge in [0.15, 0.2) is 0 Å². The van der Waals surface area contributed by atoms with Crippen LogP contribution < -0.4 is 0 Å². The molecule has 1 rings (SSSR count). The molecule has 4 heteroatoms. The quantitative estimate of drug-likeness (QED) is 0.570. The lowest BCUT2D eigenvalue weighted by Crippen LogP contribution is -2.45. The van der Waals surface area contributed by atoms with Crippen LogP contribution in [0.15, 0.2) is 0 Å². The maximum atomic E-state index is 10.5. The van der Waals surface area contributed by atoms with Gasteiger partial charge in [-0.3, -0.25) is 4.90 Å². The lowest BCUT2D eigenvalue weighted by Gasteiger charge is -2.26. The minimum Gasteiger partial charge on any atom is -0.465 e. The Morgan fingerprint density at radius 3 is 2.73 bits per heavy atom. The van der Waals surface area contributed by atoms with E-state index < -0.39 is 11.6 Å². The Hall–Kier alpha value is -1.06. The molecule has 1 unspecified atom stereocenters. The second-order valence-electron chi connectivity index (χ2n) is 3.01. The highest BCUT2D eigenvalue weighted by Gasteiger charge is 2.39. The third kappa shape index (κ3) is 1.20. The molecule has 1 fully saturated rings. The summed E-state index contributed by atoms with van der Waals surface area (Å²) in [5.74, 6) is 0. The molecule has 0 radical (unpaired) electrons. The van der Waals surface area contributed by atoms with Crippen LogP contribution in [0.25, 0.3) is 0 Å². The number of nitrogens with zero attached hydrogens (tertiary/aromatic N) is 1. The third-order valence-electron chi connectivity index (χ3n) is 2.17. The second-order valence-corrected chi connectivity index (χ2v) is 3.01. The minimum atomic E-state index is -1.00. The summed E-state index contributed by atoms with van der Waals surface area (Å²) >= 11 is 0. The lowest BCUT2D eigenvalue weighted by atomic mass is 10.0. The summed E-state index contributed by atoms with van der Waals surface area (Å²) in [4.78, 5) is 22.3. The predicted molar refractivity (Wildman–Crippen MR) is 38.4 cm³/mol. The number of hydrogen-bond donors (Lipinski definition) is 1. The van der Waals surface area contributed by atoms with Crippen LogP contribution in [0.5, 0.6) is 0 Å². The van der Waals surface area contributed by atoms with Crippen molar-refractivity contribution >= 4 is 12.4 Å². The van der Waals surface area contributed by atoms with Gasteiger partial charge in [-0.1, -0.05) is 0 Å². The van der Waals surface area contributed by atoms with Gasteiger partial charge >= 0.3 is 6.09 Å². The van der Waals surface area contributed by atoms with Gasteiger partial charge in [-0.25, -0.2) is 4.79 Å². The SMILES string of the molecule is CC1(C=O)CCCN1C(=O)O. The molecule has 11 heavy (non-hydrogen) atoms. The van der Waals surface area contributed by atoms with E-state index in [2.05, 4.69) is 0 Å². The van der Waals surface area contributed by atoms with Gasteiger partial charge in [-0.15, -0.1) is 0 Å². The number of carbonyl (C=O) groups is 2. The van der Waals surface area contributed by atoms with Crippen LogP contribution in [0.2, 0.25) is 0 Å². The first kappa shape index (κ1) is 8.04. The molecule has 0 aliphatic carbocycles. The normalized spacial score (nSPS) is 30.5. The average molecular weight is 157 g/mol. The summed E-state index contributed by atoms with van der Waals surface area (Å²) in [6.07, 6.45) is 1.13. The molecule has 1 aliphatic rings. The van der Waals surface area contributed by atoms with Gasteiger partial charge in [0.25, 0.3) is 0 Å². The number of likely N-dealkylation sites (tertiary alicyclic amines) is 1. The Kier molecular flexibility index (Phi) is 1.85. The number of aldehydes is 1. The maximum Gasteiger partial charge on any atom is 0.408 e. The molecule has 4 nitrogen and oxygen atoms in total. The first-order chi connectivity index (χ1) is 5.10. The summed E-state index contributed by atoms with van der Waals surface area (Å²) in [6, 6.07) is 0. The Morgan fingerprint density at radius 1 is 1.73 bits per heavy atom. The molecule has 0 aromatic heterocycles. The van der Waals surface area contributed by atoms with E-state index in [4.69, 9.17) is 5.11 Å². The molecule has 1 heterocycles. The highest BCUT2D eigenvalue weighted by atomic mass is 16.4. The molecule has 0 bridgehead atoms. The monoisotopic (exact) mass is 157 g/mol. The maximum absolute atomic E-state index is 10.5. The van der Waals surface area contributed by atoms with Gasteiger partial charge in [-0.2, -0.15) is 0 Å². The average Bonchev–Trinajstić information content (AvgIpc) is 2.32. The first-order valence-electron chi connectivity index (χ1n) is 3.57. The van der Waals surface area contributed by atoms with E-state index in [-0.39, 0.29) is 0 Å². The van der Waals surface area contributed by atoms with Gasteiger partial charge < -0.3 is 9.90 Å². The largest absolute Gasteiger partial charge is 0.465 e. The topological polar surface area (TPSA) is 57.6 Å². The van der Waals surface area contributed by atoms with E-state index in [1.165, 1.54) is 4.90 Å². The molecule has 1 amide bonds. The van der Waals surface area contributed by atoms with Crippen molar-refractivity contribution in [3.8, 4) is 0 Å². The fourth-order valence-electron chi connectivity index (χ4n) is 1.42. The zero-order valence-corrected chi connectivity index (χ0v) is 6.41. The van der Waals surface area contributed by atoms with Crippen LogP contribution in [0.4, 0.5) is 4.79 Å². The summed E-state index contributed by atoms with van der Waals surface area (Å²) < 4.78 is 0. The van der Waals surface area contributed by atoms with Crippen molar-refractivity contribution in [3.05, 3.63) is 0 Å². The summed E-state index contributed by atoms with van der Waals surface area (Å²) in [6.45, 7) is 2.13. The fourth-order valence-corrected chi connectivity index (χ4v) is 1.42. The molecule has 0 aromatic rings. The van der Waals surface area contributed by atoms with E-state index in [0.717, 1.165) is 6.42 Å². The van der Waals surface area contributed by atoms with Crippen LogP contribution in [-0.2, 0) is 4.79 Å². The van der Waals surface area contributed by atoms with Crippen LogP contribution in [-0.4, -0.2) is 34.5 Å². The summed E-state index contributed by atoms with van der Waals surface area (Å²) in [5.41, 5.74) is -0.772. The summed E-state index contributed by atoms with van der Waals surface area (Å²) in [5, 5.41) is 8.65. The van der Waals surface area contributed by atoms with E-state index in [9.17, 15) is 9.59 Å². The van der Waals surface area contributed by atoms with Crippen molar-refractivity contribution in [2.75, 3.05) is 6.54 Å². The molecule has 1 saturated heterocycles. The van der Waals surface area contributed by atoms with Gasteiger partial charge in [0.2, 0.25) is 0 Å². The van der Waals surface area contributed by atoms with Crippen LogP contribution in [0.3, 0.4) is 0 Å². The fraction of sp³-hybridized carbons (Fsp3) is 0.714. The molecule has 1 N–H and O–H groups in total. The Morgan fingerprint density at radius 2 is 2.36 bits per heavy atom. The van der Waals surface area contributed by atoms with Crippen molar-refractivity contribution in [2.45, 2.75) is 25.3 Å². The number of rotatable bonds is 1. The van der Waals surface area contributed by atoms with Crippen LogP contribution >= 0.6 is 0 Å². The van der Waals surface area contributed by atoms with Crippen LogP contribution in [0.1, 0.15) is 19.8 Å². The van der Waals surface area contributed by atoms with E-state index in [1.807, 2.05) is 0 Å². The zero-order chi connectivity index (χ0) is 8.48. The molecule has 0 saturated carbocycles. The minimum absolute atomic E-state index is 0.477. The van der Waals surface area contributed by atoms with E-state index >= 15 is 0 Å². The Bertz CT molecular complexity index is 192. The van der Waals surface area contributed by atoms with Crippen LogP contribution in [0, 0.1) is 0 Å². The van der Waals surface area contributed by atoms with Crippen molar-refractivity contribution in [3.63, 3.8) is 0 Å². The molecular formula is C7H11NO3. The molecule has 62 valence electrons. The number of carbonyl (C=O) groups excluding carboxylic acids is 1. The second kappa shape index (κ2) is 2.53. The Labute approximate surface area is 64.8 Å². The first-order valence-corrected chi connectivity index (χ1v) is 3.57. The van der Waals surface area contributed by atoms with Gasteiger partial charge in [0, 0.05) is 6.54 Å². The number of amides is 1. The van der Waals surface area contributed by atoms with Crippen molar-refractivity contribution in [1.82, 2.24) is 4.90 Å². The molecule has 1 atom stereocenters. The predicted octanol–water partition coefficient (Wildman–Crippen LogP) is 0.718. The molecule has 0 aromatic carbocycles. The Balaban J connectivity index is 2.80. The standard InChI is InChI=1S/C7H11NO3/c1-7(5-9)3-2-4-8(7)6(10)11/h5H,2-4H2,1H3,(H,10,11). The summed E-state index contributed by atoms with van der Waals surface area (Å²) in [7, 11) is 0. The van der Waals surface area contributed by atoms with Crippen molar-refractivity contribution < 1.29 is 14.7 Å². The number of hydrogen-bond acceptors (Lipinski definition) is 2. The number of carboxylic acid groups (broad SMARTS) is 1. The van der Waals surface area contributed by atoms with Crippen molar-refractivity contribution in [2.24, 2.45) is 0 Å². The molecule has 1 aliphatic heterocycles. The van der Waals surface area contributed by atoms with Crippen molar-refractivity contribution in [1.29, 1.82) is 0 Å². The highest BCUT2D eigenvalue weighted by Crippen LogP contribution is 2.26. The van der Waals surface area contributed by atoms with E-state index in [0.29, 0.717) is 19.3 Å². The lowest BCUT2D eigenvalue weighted by molar-refractivity contribution is -0.115. The van der Waals surface area contributed by atoms with Gasteiger partial charge in [0.1, 0.15) is 6.29 Å². The smallest absolute Gasteiger partial charge is 0.408 e. The molecule has 0 spiro atoms. The zero-order valence-electron chi connectivity index (χ0n) is 6.41. The van der Waals surface area contributed by atoms with Gasteiger partial charge in [-0.05, 0) is 19.8 Å². The third-order valence-corrected chi connectivity index (χ3v) is 2.17. The van der Waals surface area contributed by atoms with Gasteiger partial charge in [0.05, 0.1) is 5.54 Å². The molecular weight excluding hydrogens is 146 g/mol. The van der Waals surface area contributed by atoms with E-state index in [1.54, 1.807) is 6.92 Å². The highest BCUT2D eigenvalue weighted by molar-refractivity contribution is 5.75.